The van der Waals surface area contributed by atoms with Crippen molar-refractivity contribution in [2.45, 2.75) is 45.1 Å². The van der Waals surface area contributed by atoms with Crippen LogP contribution in [0.15, 0.2) is 0 Å². The smallest absolute Gasteiger partial charge is 0.326 e. The molecule has 0 spiro atoms. The van der Waals surface area contributed by atoms with E-state index in [1.54, 1.807) is 4.90 Å². The second-order valence-corrected chi connectivity index (χ2v) is 5.15. The molecule has 0 bridgehead atoms. The lowest BCUT2D eigenvalue weighted by Crippen LogP contribution is -2.51. The molecule has 1 heterocycles. The van der Waals surface area contributed by atoms with E-state index in [2.05, 4.69) is 6.92 Å². The van der Waals surface area contributed by atoms with Crippen LogP contribution in [0.2, 0.25) is 0 Å². The summed E-state index contributed by atoms with van der Waals surface area (Å²) in [6.45, 7) is 2.76. The van der Waals surface area contributed by atoms with Crippen molar-refractivity contribution >= 4 is 11.9 Å². The van der Waals surface area contributed by atoms with Crippen LogP contribution in [0.4, 0.5) is 0 Å². The zero-order chi connectivity index (χ0) is 11.7. The Morgan fingerprint density at radius 1 is 1.25 bits per heavy atom. The Kier molecular flexibility index (Phi) is 3.17. The van der Waals surface area contributed by atoms with Crippen LogP contribution in [0.1, 0.15) is 39.0 Å². The predicted octanol–water partition coefficient (Wildman–Crippen LogP) is 1.50. The number of carbonyl (C=O) groups excluding carboxylic acids is 1. The first-order valence-electron chi connectivity index (χ1n) is 6.13. The quantitative estimate of drug-likeness (QED) is 0.774. The molecule has 4 nitrogen and oxygen atoms in total. The Morgan fingerprint density at radius 2 is 1.94 bits per heavy atom. The zero-order valence-corrected chi connectivity index (χ0v) is 9.69. The largest absolute Gasteiger partial charge is 0.480 e. The van der Waals surface area contributed by atoms with Crippen LogP contribution in [0, 0.1) is 11.8 Å². The highest BCUT2D eigenvalue weighted by Crippen LogP contribution is 2.35. The maximum atomic E-state index is 12.1. The lowest BCUT2D eigenvalue weighted by Gasteiger charge is -2.40. The van der Waals surface area contributed by atoms with Crippen LogP contribution in [0.25, 0.3) is 0 Å². The Balaban J connectivity index is 2.00. The van der Waals surface area contributed by atoms with Crippen molar-refractivity contribution in [2.24, 2.45) is 11.8 Å². The Hall–Kier alpha value is -1.06. The topological polar surface area (TPSA) is 57.6 Å². The van der Waals surface area contributed by atoms with Crippen LogP contribution in [-0.4, -0.2) is 34.5 Å². The molecule has 1 aliphatic carbocycles. The first-order chi connectivity index (χ1) is 7.59. The summed E-state index contributed by atoms with van der Waals surface area (Å²) in [4.78, 5) is 24.8. The summed E-state index contributed by atoms with van der Waals surface area (Å²) < 4.78 is 0. The van der Waals surface area contributed by atoms with Gasteiger partial charge in [-0.15, -0.1) is 0 Å². The number of likely N-dealkylation sites (tertiary alicyclic amines) is 1. The van der Waals surface area contributed by atoms with Crippen molar-refractivity contribution in [1.82, 2.24) is 4.90 Å². The van der Waals surface area contributed by atoms with Crippen molar-refractivity contribution in [1.29, 1.82) is 0 Å². The fraction of sp³-hybridized carbons (Fsp3) is 0.833. The number of carboxylic acids is 1. The average molecular weight is 225 g/mol. The van der Waals surface area contributed by atoms with Gasteiger partial charge < -0.3 is 10.0 Å². The second-order valence-electron chi connectivity index (χ2n) is 5.15. The maximum absolute atomic E-state index is 12.1. The van der Waals surface area contributed by atoms with Crippen LogP contribution < -0.4 is 0 Å². The van der Waals surface area contributed by atoms with Gasteiger partial charge >= 0.3 is 5.97 Å². The Bertz CT molecular complexity index is 297. The lowest BCUT2D eigenvalue weighted by molar-refractivity contribution is -0.156. The highest BCUT2D eigenvalue weighted by molar-refractivity contribution is 5.85. The third-order valence-electron chi connectivity index (χ3n) is 3.79. The molecular weight excluding hydrogens is 206 g/mol. The highest BCUT2D eigenvalue weighted by Gasteiger charge is 2.39. The second kappa shape index (κ2) is 4.44. The van der Waals surface area contributed by atoms with E-state index in [-0.39, 0.29) is 11.8 Å². The Labute approximate surface area is 95.6 Å². The summed E-state index contributed by atoms with van der Waals surface area (Å²) in [5.74, 6) is -0.0532. The van der Waals surface area contributed by atoms with Crippen molar-refractivity contribution < 1.29 is 14.7 Å². The van der Waals surface area contributed by atoms with Crippen molar-refractivity contribution in [2.75, 3.05) is 6.54 Å². The van der Waals surface area contributed by atoms with E-state index in [1.807, 2.05) is 0 Å². The summed E-state index contributed by atoms with van der Waals surface area (Å²) >= 11 is 0. The summed E-state index contributed by atoms with van der Waals surface area (Å²) in [7, 11) is 0. The molecule has 0 aromatic rings. The third kappa shape index (κ3) is 2.06. The van der Waals surface area contributed by atoms with Gasteiger partial charge in [0.05, 0.1) is 0 Å². The fourth-order valence-electron chi connectivity index (χ4n) is 2.79. The molecule has 2 aliphatic rings. The van der Waals surface area contributed by atoms with E-state index < -0.39 is 12.0 Å². The molecule has 2 rings (SSSR count). The number of hydrogen-bond acceptors (Lipinski definition) is 2. The molecule has 4 heteroatoms. The van der Waals surface area contributed by atoms with Gasteiger partial charge in [-0.3, -0.25) is 4.79 Å². The zero-order valence-electron chi connectivity index (χ0n) is 9.69. The highest BCUT2D eigenvalue weighted by atomic mass is 16.4. The molecule has 1 saturated heterocycles. The van der Waals surface area contributed by atoms with Crippen molar-refractivity contribution in [3.63, 3.8) is 0 Å². The summed E-state index contributed by atoms with van der Waals surface area (Å²) in [6.07, 6.45) is 4.34. The third-order valence-corrected chi connectivity index (χ3v) is 3.79. The molecule has 1 amide bonds. The van der Waals surface area contributed by atoms with E-state index in [1.165, 1.54) is 0 Å². The molecule has 90 valence electrons. The van der Waals surface area contributed by atoms with E-state index in [4.69, 9.17) is 5.11 Å². The summed E-state index contributed by atoms with van der Waals surface area (Å²) in [6, 6.07) is -0.572. The van der Waals surface area contributed by atoms with Crippen LogP contribution >= 0.6 is 0 Å². The van der Waals surface area contributed by atoms with E-state index in [9.17, 15) is 9.59 Å². The van der Waals surface area contributed by atoms with Gasteiger partial charge in [0.2, 0.25) is 5.91 Å². The first-order valence-corrected chi connectivity index (χ1v) is 6.13. The van der Waals surface area contributed by atoms with E-state index in [0.717, 1.165) is 25.7 Å². The number of aliphatic carboxylic acids is 1. The molecule has 0 aromatic heterocycles. The van der Waals surface area contributed by atoms with Gasteiger partial charge in [-0.1, -0.05) is 6.92 Å². The van der Waals surface area contributed by atoms with Gasteiger partial charge in [0.15, 0.2) is 0 Å². The fourth-order valence-corrected chi connectivity index (χ4v) is 2.79. The predicted molar refractivity (Wildman–Crippen MR) is 58.9 cm³/mol. The molecule has 2 fully saturated rings. The van der Waals surface area contributed by atoms with Gasteiger partial charge in [-0.2, -0.15) is 0 Å². The van der Waals surface area contributed by atoms with Gasteiger partial charge in [-0.25, -0.2) is 4.79 Å². The summed E-state index contributed by atoms with van der Waals surface area (Å²) in [5.41, 5.74) is 0. The number of carbonyl (C=O) groups is 2. The number of nitrogens with zero attached hydrogens (tertiary/aromatic N) is 1. The maximum Gasteiger partial charge on any atom is 0.326 e. The monoisotopic (exact) mass is 225 g/mol. The molecule has 1 N–H and O–H groups in total. The van der Waals surface area contributed by atoms with Crippen LogP contribution in [0.3, 0.4) is 0 Å². The minimum Gasteiger partial charge on any atom is -0.480 e. The minimum absolute atomic E-state index is 0.0743. The number of rotatable bonds is 2. The standard InChI is InChI=1S/C12H19NO3/c1-8-6-9(7-8)11(14)13-5-3-2-4-10(13)12(15)16/h8-10H,2-7H2,1H3,(H,15,16). The number of hydrogen-bond donors (Lipinski definition) is 1. The van der Waals surface area contributed by atoms with Crippen molar-refractivity contribution in [3.8, 4) is 0 Å². The van der Waals surface area contributed by atoms with Crippen molar-refractivity contribution in [3.05, 3.63) is 0 Å². The molecule has 0 radical (unpaired) electrons. The normalized spacial score (nSPS) is 34.3. The molecular formula is C12H19NO3. The molecule has 1 aliphatic heterocycles. The van der Waals surface area contributed by atoms with Crippen LogP contribution in [0.5, 0.6) is 0 Å². The first kappa shape index (κ1) is 11.4. The number of piperidine rings is 1. The molecule has 16 heavy (non-hydrogen) atoms. The SMILES string of the molecule is CC1CC(C(=O)N2CCCCC2C(=O)O)C1. The molecule has 1 atom stereocenters. The van der Waals surface area contributed by atoms with Gasteiger partial charge in [0.25, 0.3) is 0 Å². The molecule has 1 saturated carbocycles. The number of carboxylic acid groups (broad SMARTS) is 1. The molecule has 1 unspecified atom stereocenters. The molecule has 0 aromatic carbocycles. The van der Waals surface area contributed by atoms with Crippen LogP contribution in [-0.2, 0) is 9.59 Å². The summed E-state index contributed by atoms with van der Waals surface area (Å²) in [5, 5.41) is 9.09. The van der Waals surface area contributed by atoms with E-state index >= 15 is 0 Å². The lowest BCUT2D eigenvalue weighted by atomic mass is 9.75. The number of amides is 1. The van der Waals surface area contributed by atoms with Gasteiger partial charge in [0.1, 0.15) is 6.04 Å². The van der Waals surface area contributed by atoms with E-state index in [0.29, 0.717) is 18.9 Å². The Morgan fingerprint density at radius 3 is 2.50 bits per heavy atom. The van der Waals surface area contributed by atoms with Gasteiger partial charge in [-0.05, 0) is 38.0 Å². The average Bonchev–Trinajstić information content (AvgIpc) is 2.24. The minimum atomic E-state index is -0.847. The van der Waals surface area contributed by atoms with Gasteiger partial charge in [0, 0.05) is 12.5 Å².